The summed E-state index contributed by atoms with van der Waals surface area (Å²) in [5, 5.41) is 11.2. The maximum atomic E-state index is 9.03. The van der Waals surface area contributed by atoms with Crippen molar-refractivity contribution < 1.29 is 9.47 Å². The Bertz CT molecular complexity index is 1060. The van der Waals surface area contributed by atoms with Gasteiger partial charge in [0, 0.05) is 16.5 Å². The van der Waals surface area contributed by atoms with Crippen molar-refractivity contribution in [3.8, 4) is 23.3 Å². The number of hydrogen-bond donors (Lipinski definition) is 0. The summed E-state index contributed by atoms with van der Waals surface area (Å²) >= 11 is 0. The van der Waals surface area contributed by atoms with Crippen LogP contribution in [0.5, 0.6) is 11.5 Å². The van der Waals surface area contributed by atoms with E-state index in [4.69, 9.17) is 14.7 Å². The normalized spacial score (nSPS) is 10.8. The van der Waals surface area contributed by atoms with Gasteiger partial charge < -0.3 is 14.0 Å². The second kappa shape index (κ2) is 5.88. The van der Waals surface area contributed by atoms with Crippen molar-refractivity contribution in [2.75, 3.05) is 14.2 Å². The molecule has 0 aliphatic rings. The lowest BCUT2D eigenvalue weighted by atomic mass is 10.1. The van der Waals surface area contributed by atoms with E-state index in [1.807, 2.05) is 48.5 Å². The quantitative estimate of drug-likeness (QED) is 0.549. The van der Waals surface area contributed by atoms with Gasteiger partial charge in [0.1, 0.15) is 11.5 Å². The second-order valence-electron chi connectivity index (χ2n) is 5.76. The van der Waals surface area contributed by atoms with Crippen LogP contribution in [0.4, 0.5) is 0 Å². The van der Waals surface area contributed by atoms with Crippen LogP contribution in [-0.4, -0.2) is 18.8 Å². The van der Waals surface area contributed by atoms with E-state index in [2.05, 4.69) is 22.8 Å². The largest absolute Gasteiger partial charge is 0.497 e. The third-order valence-corrected chi connectivity index (χ3v) is 4.43. The van der Waals surface area contributed by atoms with Gasteiger partial charge in [-0.25, -0.2) is 0 Å². The van der Waals surface area contributed by atoms with Gasteiger partial charge in [0.25, 0.3) is 0 Å². The molecule has 0 aliphatic carbocycles. The molecule has 0 N–H and O–H groups in total. The van der Waals surface area contributed by atoms with Gasteiger partial charge in [0.15, 0.2) is 0 Å². The summed E-state index contributed by atoms with van der Waals surface area (Å²) in [6.45, 7) is 0. The summed E-state index contributed by atoms with van der Waals surface area (Å²) in [7, 11) is 3.34. The zero-order valence-corrected chi connectivity index (χ0v) is 14.0. The Labute approximate surface area is 145 Å². The van der Waals surface area contributed by atoms with Gasteiger partial charge in [-0.1, -0.05) is 0 Å². The zero-order chi connectivity index (χ0) is 17.4. The first kappa shape index (κ1) is 15.1. The van der Waals surface area contributed by atoms with E-state index in [0.717, 1.165) is 39.0 Å². The maximum Gasteiger partial charge on any atom is 0.119 e. The number of aromatic nitrogens is 1. The van der Waals surface area contributed by atoms with Crippen molar-refractivity contribution in [2.45, 2.75) is 0 Å². The number of rotatable bonds is 3. The van der Waals surface area contributed by atoms with Crippen molar-refractivity contribution >= 4 is 21.8 Å². The van der Waals surface area contributed by atoms with Crippen LogP contribution in [0.15, 0.2) is 60.7 Å². The summed E-state index contributed by atoms with van der Waals surface area (Å²) in [4.78, 5) is 0. The number of benzene rings is 3. The summed E-state index contributed by atoms with van der Waals surface area (Å²) in [5.41, 5.74) is 3.81. The van der Waals surface area contributed by atoms with Crippen molar-refractivity contribution in [3.05, 3.63) is 66.2 Å². The summed E-state index contributed by atoms with van der Waals surface area (Å²) < 4.78 is 13.0. The van der Waals surface area contributed by atoms with E-state index < -0.39 is 0 Å². The van der Waals surface area contributed by atoms with Crippen LogP contribution in [-0.2, 0) is 0 Å². The van der Waals surface area contributed by atoms with Gasteiger partial charge in [-0.3, -0.25) is 0 Å². The van der Waals surface area contributed by atoms with E-state index in [9.17, 15) is 0 Å². The molecule has 0 fully saturated rings. The highest BCUT2D eigenvalue weighted by Gasteiger charge is 2.14. The zero-order valence-electron chi connectivity index (χ0n) is 14.0. The summed E-state index contributed by atoms with van der Waals surface area (Å²) in [5.74, 6) is 1.63. The van der Waals surface area contributed by atoms with Gasteiger partial charge in [0.2, 0.25) is 0 Å². The number of nitriles is 1. The Morgan fingerprint density at radius 2 is 1.28 bits per heavy atom. The minimum Gasteiger partial charge on any atom is -0.497 e. The molecular weight excluding hydrogens is 312 g/mol. The minimum absolute atomic E-state index is 0.646. The van der Waals surface area contributed by atoms with E-state index in [1.54, 1.807) is 14.2 Å². The second-order valence-corrected chi connectivity index (χ2v) is 5.76. The molecule has 0 bridgehead atoms. The molecule has 0 atom stereocenters. The Morgan fingerprint density at radius 1 is 0.760 bits per heavy atom. The molecule has 0 saturated carbocycles. The van der Waals surface area contributed by atoms with Gasteiger partial charge >= 0.3 is 0 Å². The van der Waals surface area contributed by atoms with E-state index >= 15 is 0 Å². The molecule has 4 nitrogen and oxygen atoms in total. The molecular formula is C21H16N2O2. The van der Waals surface area contributed by atoms with Crippen molar-refractivity contribution in [2.24, 2.45) is 0 Å². The third-order valence-electron chi connectivity index (χ3n) is 4.43. The molecule has 0 saturated heterocycles. The predicted octanol–water partition coefficient (Wildman–Crippen LogP) is 4.67. The standard InChI is InChI=1S/C21H16N2O2/c1-24-16-7-9-20-18(11-16)19-12-17(25-2)8-10-21(19)23(20)15-5-3-14(13-22)4-6-15/h3-12H,1-2H3. The van der Waals surface area contributed by atoms with Crippen LogP contribution >= 0.6 is 0 Å². The Hall–Kier alpha value is -3.45. The van der Waals surface area contributed by atoms with Crippen molar-refractivity contribution in [1.82, 2.24) is 4.57 Å². The van der Waals surface area contributed by atoms with Crippen LogP contribution in [0.25, 0.3) is 27.5 Å². The molecule has 0 unspecified atom stereocenters. The molecule has 25 heavy (non-hydrogen) atoms. The molecule has 4 aromatic rings. The first-order chi connectivity index (χ1) is 12.2. The van der Waals surface area contributed by atoms with Gasteiger partial charge in [-0.15, -0.1) is 0 Å². The summed E-state index contributed by atoms with van der Waals surface area (Å²) in [6.07, 6.45) is 0. The van der Waals surface area contributed by atoms with E-state index in [0.29, 0.717) is 5.56 Å². The van der Waals surface area contributed by atoms with Crippen LogP contribution in [0.2, 0.25) is 0 Å². The topological polar surface area (TPSA) is 47.2 Å². The fourth-order valence-corrected chi connectivity index (χ4v) is 3.20. The number of methoxy groups -OCH3 is 2. The Morgan fingerprint density at radius 3 is 1.72 bits per heavy atom. The monoisotopic (exact) mass is 328 g/mol. The number of hydrogen-bond acceptors (Lipinski definition) is 3. The molecule has 0 aliphatic heterocycles. The fraction of sp³-hybridized carbons (Fsp3) is 0.0952. The van der Waals surface area contributed by atoms with Crippen LogP contribution < -0.4 is 9.47 Å². The average Bonchev–Trinajstić information content (AvgIpc) is 3.00. The van der Waals surface area contributed by atoms with Crippen molar-refractivity contribution in [1.29, 1.82) is 5.26 Å². The average molecular weight is 328 g/mol. The van der Waals surface area contributed by atoms with Gasteiger partial charge in [0.05, 0.1) is 36.9 Å². The molecule has 1 heterocycles. The van der Waals surface area contributed by atoms with Gasteiger partial charge in [-0.2, -0.15) is 5.26 Å². The number of ether oxygens (including phenoxy) is 2. The van der Waals surface area contributed by atoms with Crippen LogP contribution in [0.3, 0.4) is 0 Å². The lowest BCUT2D eigenvalue weighted by Crippen LogP contribution is -1.94. The highest BCUT2D eigenvalue weighted by molar-refractivity contribution is 6.10. The van der Waals surface area contributed by atoms with Crippen LogP contribution in [0.1, 0.15) is 5.56 Å². The van der Waals surface area contributed by atoms with E-state index in [-0.39, 0.29) is 0 Å². The Balaban J connectivity index is 2.08. The lowest BCUT2D eigenvalue weighted by molar-refractivity contribution is 0.415. The third kappa shape index (κ3) is 2.38. The van der Waals surface area contributed by atoms with Crippen molar-refractivity contribution in [3.63, 3.8) is 0 Å². The smallest absolute Gasteiger partial charge is 0.119 e. The SMILES string of the molecule is COc1ccc2c(c1)c1cc(OC)ccc1n2-c1ccc(C#N)cc1. The highest BCUT2D eigenvalue weighted by Crippen LogP contribution is 2.36. The minimum atomic E-state index is 0.646. The fourth-order valence-electron chi connectivity index (χ4n) is 3.20. The first-order valence-electron chi connectivity index (χ1n) is 7.92. The molecule has 4 heteroatoms. The number of fused-ring (bicyclic) bond motifs is 3. The number of nitrogens with zero attached hydrogens (tertiary/aromatic N) is 2. The highest BCUT2D eigenvalue weighted by atomic mass is 16.5. The molecule has 0 radical (unpaired) electrons. The summed E-state index contributed by atoms with van der Waals surface area (Å²) in [6, 6.07) is 21.9. The predicted molar refractivity (Wildman–Crippen MR) is 98.6 cm³/mol. The molecule has 3 aromatic carbocycles. The maximum absolute atomic E-state index is 9.03. The molecule has 0 amide bonds. The van der Waals surface area contributed by atoms with Gasteiger partial charge in [-0.05, 0) is 60.7 Å². The lowest BCUT2D eigenvalue weighted by Gasteiger charge is -2.08. The molecule has 1 aromatic heterocycles. The first-order valence-corrected chi connectivity index (χ1v) is 7.92. The Kier molecular flexibility index (Phi) is 3.55. The molecule has 122 valence electrons. The molecule has 4 rings (SSSR count). The van der Waals surface area contributed by atoms with Crippen LogP contribution in [0, 0.1) is 11.3 Å². The molecule has 0 spiro atoms. The van der Waals surface area contributed by atoms with E-state index in [1.165, 1.54) is 0 Å².